The molecule has 1 amide bonds. The maximum atomic E-state index is 13.2. The number of benzene rings is 2. The normalized spacial score (nSPS) is 19.1. The van der Waals surface area contributed by atoms with E-state index < -0.39 is 5.54 Å². The van der Waals surface area contributed by atoms with E-state index in [1.165, 1.54) is 0 Å². The van der Waals surface area contributed by atoms with Crippen LogP contribution >= 0.6 is 23.2 Å². The highest BCUT2D eigenvalue weighted by Crippen LogP contribution is 2.34. The number of hydrogen-bond donors (Lipinski definition) is 1. The minimum absolute atomic E-state index is 0.226. The summed E-state index contributed by atoms with van der Waals surface area (Å²) in [7, 11) is 1.82. The van der Waals surface area contributed by atoms with Crippen LogP contribution in [0.2, 0.25) is 10.0 Å². The summed E-state index contributed by atoms with van der Waals surface area (Å²) in [4.78, 5) is 24.1. The third-order valence-corrected chi connectivity index (χ3v) is 6.14. The fraction of sp³-hybridized carbons (Fsp3) is 0.238. The summed E-state index contributed by atoms with van der Waals surface area (Å²) < 4.78 is 7.40. The van der Waals surface area contributed by atoms with Crippen LogP contribution in [0.4, 0.5) is 0 Å². The number of aryl methyl sites for hydroxylation is 1. The van der Waals surface area contributed by atoms with Crippen molar-refractivity contribution in [2.45, 2.75) is 12.0 Å². The van der Waals surface area contributed by atoms with Gasteiger partial charge in [0.1, 0.15) is 12.0 Å². The smallest absolute Gasteiger partial charge is 0.268 e. The number of aldehydes is 1. The molecule has 0 saturated carbocycles. The van der Waals surface area contributed by atoms with Crippen molar-refractivity contribution in [3.63, 3.8) is 0 Å². The quantitative estimate of drug-likeness (QED) is 0.643. The Morgan fingerprint density at radius 1 is 1.21 bits per heavy atom. The molecule has 2 aromatic carbocycles. The summed E-state index contributed by atoms with van der Waals surface area (Å²) in [5.41, 5.74) is 2.16. The van der Waals surface area contributed by atoms with Crippen molar-refractivity contribution < 1.29 is 14.3 Å². The molecule has 1 atom stereocenters. The Labute approximate surface area is 172 Å². The van der Waals surface area contributed by atoms with Crippen molar-refractivity contribution in [2.75, 3.05) is 13.2 Å². The van der Waals surface area contributed by atoms with Gasteiger partial charge in [-0.1, -0.05) is 47.5 Å². The number of rotatable bonds is 4. The third kappa shape index (κ3) is 3.09. The number of nitrogens with zero attached hydrogens (tertiary/aromatic N) is 1. The van der Waals surface area contributed by atoms with E-state index in [9.17, 15) is 9.59 Å². The second kappa shape index (κ2) is 7.24. The first-order valence-corrected chi connectivity index (χ1v) is 9.60. The predicted molar refractivity (Wildman–Crippen MR) is 109 cm³/mol. The van der Waals surface area contributed by atoms with E-state index in [-0.39, 0.29) is 5.91 Å². The van der Waals surface area contributed by atoms with Crippen LogP contribution in [0.1, 0.15) is 32.8 Å². The summed E-state index contributed by atoms with van der Waals surface area (Å²) in [6.45, 7) is 0.919. The molecule has 0 spiro atoms. The van der Waals surface area contributed by atoms with Gasteiger partial charge in [0.15, 0.2) is 0 Å². The number of halogens is 2. The van der Waals surface area contributed by atoms with Crippen LogP contribution in [-0.4, -0.2) is 30.0 Å². The maximum Gasteiger partial charge on any atom is 0.268 e. The highest BCUT2D eigenvalue weighted by atomic mass is 35.5. The molecule has 0 bridgehead atoms. The van der Waals surface area contributed by atoms with Crippen LogP contribution in [-0.2, 0) is 17.3 Å². The van der Waals surface area contributed by atoms with Gasteiger partial charge in [-0.3, -0.25) is 9.59 Å². The van der Waals surface area contributed by atoms with Gasteiger partial charge in [0.2, 0.25) is 0 Å². The van der Waals surface area contributed by atoms with Crippen LogP contribution in [0.15, 0.2) is 42.5 Å². The lowest BCUT2D eigenvalue weighted by atomic mass is 9.88. The summed E-state index contributed by atoms with van der Waals surface area (Å²) in [5.74, 6) is -0.226. The molecule has 0 aliphatic carbocycles. The van der Waals surface area contributed by atoms with Crippen LogP contribution in [0.25, 0.3) is 10.9 Å². The van der Waals surface area contributed by atoms with Crippen molar-refractivity contribution in [3.05, 3.63) is 69.3 Å². The molecule has 3 aromatic rings. The van der Waals surface area contributed by atoms with Crippen molar-refractivity contribution in [1.29, 1.82) is 0 Å². The number of nitrogens with one attached hydrogen (secondary N) is 1. The molecule has 1 N–H and O–H groups in total. The van der Waals surface area contributed by atoms with E-state index in [2.05, 4.69) is 5.32 Å². The number of carbonyl (C=O) groups is 2. The Balaban J connectivity index is 1.71. The van der Waals surface area contributed by atoms with Gasteiger partial charge in [0.05, 0.1) is 22.2 Å². The predicted octanol–water partition coefficient (Wildman–Crippen LogP) is 4.34. The fourth-order valence-corrected chi connectivity index (χ4v) is 4.07. The lowest BCUT2D eigenvalue weighted by molar-refractivity contribution is 0.0867. The zero-order valence-electron chi connectivity index (χ0n) is 15.2. The summed E-state index contributed by atoms with van der Waals surface area (Å²) in [6, 6.07) is 12.5. The van der Waals surface area contributed by atoms with Crippen molar-refractivity contribution in [3.8, 4) is 0 Å². The molecule has 144 valence electrons. The Bertz CT molecular complexity index is 1070. The zero-order valence-corrected chi connectivity index (χ0v) is 16.7. The van der Waals surface area contributed by atoms with Crippen LogP contribution < -0.4 is 5.32 Å². The van der Waals surface area contributed by atoms with E-state index >= 15 is 0 Å². The van der Waals surface area contributed by atoms with Crippen LogP contribution in [0.3, 0.4) is 0 Å². The van der Waals surface area contributed by atoms with Gasteiger partial charge in [-0.2, -0.15) is 0 Å². The molecule has 4 rings (SSSR count). The highest BCUT2D eigenvalue weighted by Gasteiger charge is 2.39. The SMILES string of the molecule is Cn1c(C(=O)NC2(c3ccc(C=O)cc3)CCOC2)cc2c(Cl)c(Cl)ccc21. The molecular formula is C21H18Cl2N2O3. The standard InChI is InChI=1S/C21H18Cl2N2O3/c1-25-17-7-6-16(22)19(23)15(17)10-18(25)20(27)24-21(8-9-28-12-21)14-4-2-13(11-26)3-5-14/h2-7,10-11H,8-9,12H2,1H3,(H,24,27). The Morgan fingerprint density at radius 3 is 2.61 bits per heavy atom. The second-order valence-corrected chi connectivity index (χ2v) is 7.75. The molecule has 1 aliphatic heterocycles. The topological polar surface area (TPSA) is 60.3 Å². The fourth-order valence-electron chi connectivity index (χ4n) is 3.69. The maximum absolute atomic E-state index is 13.2. The molecular weight excluding hydrogens is 399 g/mol. The number of ether oxygens (including phenoxy) is 1. The first-order valence-electron chi connectivity index (χ1n) is 8.84. The Hall–Kier alpha value is -2.34. The molecule has 2 heterocycles. The Morgan fingerprint density at radius 2 is 1.96 bits per heavy atom. The highest BCUT2D eigenvalue weighted by molar-refractivity contribution is 6.45. The van der Waals surface area contributed by atoms with E-state index in [0.717, 1.165) is 22.8 Å². The lowest BCUT2D eigenvalue weighted by Crippen LogP contribution is -2.47. The van der Waals surface area contributed by atoms with E-state index in [4.69, 9.17) is 27.9 Å². The first kappa shape index (κ1) is 19.0. The van der Waals surface area contributed by atoms with Gasteiger partial charge in [-0.25, -0.2) is 0 Å². The molecule has 28 heavy (non-hydrogen) atoms. The monoisotopic (exact) mass is 416 g/mol. The van der Waals surface area contributed by atoms with E-state index in [0.29, 0.717) is 40.9 Å². The number of aromatic nitrogens is 1. The van der Waals surface area contributed by atoms with E-state index in [1.54, 1.807) is 28.8 Å². The molecule has 0 radical (unpaired) electrons. The molecule has 5 nitrogen and oxygen atoms in total. The van der Waals surface area contributed by atoms with Gasteiger partial charge in [-0.05, 0) is 23.8 Å². The molecule has 1 aromatic heterocycles. The third-order valence-electron chi connectivity index (χ3n) is 5.32. The number of hydrogen-bond acceptors (Lipinski definition) is 3. The van der Waals surface area contributed by atoms with Crippen molar-refractivity contribution in [1.82, 2.24) is 9.88 Å². The van der Waals surface area contributed by atoms with Crippen molar-refractivity contribution in [2.24, 2.45) is 7.05 Å². The summed E-state index contributed by atoms with van der Waals surface area (Å²) in [6.07, 6.45) is 1.44. The Kier molecular flexibility index (Phi) is 4.91. The van der Waals surface area contributed by atoms with Gasteiger partial charge >= 0.3 is 0 Å². The molecule has 1 unspecified atom stereocenters. The summed E-state index contributed by atoms with van der Waals surface area (Å²) in [5, 5.41) is 4.75. The number of carbonyl (C=O) groups excluding carboxylic acids is 2. The lowest BCUT2D eigenvalue weighted by Gasteiger charge is -2.29. The van der Waals surface area contributed by atoms with Gasteiger partial charge in [0, 0.05) is 36.5 Å². The molecule has 1 fully saturated rings. The number of amides is 1. The second-order valence-electron chi connectivity index (χ2n) is 6.96. The van der Waals surface area contributed by atoms with Gasteiger partial charge in [-0.15, -0.1) is 0 Å². The number of fused-ring (bicyclic) bond motifs is 1. The minimum atomic E-state index is -0.642. The molecule has 1 saturated heterocycles. The summed E-state index contributed by atoms with van der Waals surface area (Å²) >= 11 is 12.4. The average Bonchev–Trinajstić information content (AvgIpc) is 3.31. The average molecular weight is 417 g/mol. The largest absolute Gasteiger partial charge is 0.379 e. The van der Waals surface area contributed by atoms with Gasteiger partial charge < -0.3 is 14.6 Å². The van der Waals surface area contributed by atoms with Gasteiger partial charge in [0.25, 0.3) is 5.91 Å². The van der Waals surface area contributed by atoms with Crippen LogP contribution in [0.5, 0.6) is 0 Å². The van der Waals surface area contributed by atoms with E-state index in [1.807, 2.05) is 25.2 Å². The minimum Gasteiger partial charge on any atom is -0.379 e. The van der Waals surface area contributed by atoms with Crippen LogP contribution in [0, 0.1) is 0 Å². The molecule has 1 aliphatic rings. The van der Waals surface area contributed by atoms with Crippen molar-refractivity contribution >= 4 is 46.3 Å². The molecule has 7 heteroatoms. The first-order chi connectivity index (χ1) is 13.4. The zero-order chi connectivity index (χ0) is 19.9.